The van der Waals surface area contributed by atoms with E-state index in [1.54, 1.807) is 29.2 Å². The zero-order valence-electron chi connectivity index (χ0n) is 15.0. The van der Waals surface area contributed by atoms with E-state index >= 15 is 0 Å². The minimum atomic E-state index is -0.180. The first-order valence-corrected chi connectivity index (χ1v) is 9.27. The molecule has 2 heterocycles. The van der Waals surface area contributed by atoms with Gasteiger partial charge >= 0.3 is 0 Å². The Bertz CT molecular complexity index is 1030. The predicted octanol–water partition coefficient (Wildman–Crippen LogP) is 2.56. The average molecular weight is 400 g/mol. The van der Waals surface area contributed by atoms with E-state index in [9.17, 15) is 9.59 Å². The van der Waals surface area contributed by atoms with E-state index in [2.05, 4.69) is 10.5 Å². The van der Waals surface area contributed by atoms with Crippen molar-refractivity contribution in [2.75, 3.05) is 19.7 Å². The molecule has 28 heavy (non-hydrogen) atoms. The second kappa shape index (κ2) is 7.90. The SMILES string of the molecule is O=C(Cc1noc2ccccc12)NCCN1Cc2cc(Cl)ccc2OCC1=O. The smallest absolute Gasteiger partial charge is 0.260 e. The van der Waals surface area contributed by atoms with E-state index < -0.39 is 0 Å². The van der Waals surface area contributed by atoms with E-state index in [-0.39, 0.29) is 24.8 Å². The predicted molar refractivity (Wildman–Crippen MR) is 103 cm³/mol. The molecule has 3 aromatic rings. The molecule has 0 atom stereocenters. The third-order valence-electron chi connectivity index (χ3n) is 4.57. The molecule has 8 heteroatoms. The van der Waals surface area contributed by atoms with Crippen LogP contribution in [0.2, 0.25) is 5.02 Å². The van der Waals surface area contributed by atoms with Crippen LogP contribution in [0.25, 0.3) is 11.0 Å². The summed E-state index contributed by atoms with van der Waals surface area (Å²) in [5.74, 6) is 0.340. The molecule has 0 saturated heterocycles. The molecule has 1 N–H and O–H groups in total. The Morgan fingerprint density at radius 3 is 3.00 bits per heavy atom. The molecule has 2 aromatic carbocycles. The summed E-state index contributed by atoms with van der Waals surface area (Å²) < 4.78 is 10.7. The standard InChI is InChI=1S/C20H18ClN3O4/c21-14-5-6-17-13(9-14)11-24(20(26)12-27-17)8-7-22-19(25)10-16-15-3-1-2-4-18(15)28-23-16/h1-6,9H,7-8,10-12H2,(H,22,25). The van der Waals surface area contributed by atoms with Crippen LogP contribution >= 0.6 is 11.6 Å². The number of hydrogen-bond acceptors (Lipinski definition) is 5. The van der Waals surface area contributed by atoms with E-state index in [0.29, 0.717) is 41.7 Å². The van der Waals surface area contributed by atoms with Gasteiger partial charge in [-0.25, -0.2) is 0 Å². The second-order valence-corrected chi connectivity index (χ2v) is 6.94. The van der Waals surface area contributed by atoms with Gasteiger partial charge in [-0.2, -0.15) is 0 Å². The topological polar surface area (TPSA) is 84.7 Å². The fourth-order valence-corrected chi connectivity index (χ4v) is 3.35. The lowest BCUT2D eigenvalue weighted by atomic mass is 10.1. The number of benzene rings is 2. The highest BCUT2D eigenvalue weighted by molar-refractivity contribution is 6.30. The number of para-hydroxylation sites is 1. The van der Waals surface area contributed by atoms with Crippen molar-refractivity contribution in [1.29, 1.82) is 0 Å². The largest absolute Gasteiger partial charge is 0.483 e. The van der Waals surface area contributed by atoms with Crippen molar-refractivity contribution in [3.63, 3.8) is 0 Å². The Morgan fingerprint density at radius 2 is 2.11 bits per heavy atom. The molecule has 0 fully saturated rings. The minimum Gasteiger partial charge on any atom is -0.483 e. The Morgan fingerprint density at radius 1 is 1.25 bits per heavy atom. The zero-order chi connectivity index (χ0) is 19.5. The van der Waals surface area contributed by atoms with Crippen LogP contribution in [0.4, 0.5) is 0 Å². The average Bonchev–Trinajstić information content (AvgIpc) is 3.02. The third kappa shape index (κ3) is 3.94. The number of rotatable bonds is 5. The summed E-state index contributed by atoms with van der Waals surface area (Å²) >= 11 is 6.04. The second-order valence-electron chi connectivity index (χ2n) is 6.51. The number of fused-ring (bicyclic) bond motifs is 2. The highest BCUT2D eigenvalue weighted by Crippen LogP contribution is 2.26. The first kappa shape index (κ1) is 18.3. The number of carbonyl (C=O) groups excluding carboxylic acids is 2. The molecule has 7 nitrogen and oxygen atoms in total. The fourth-order valence-electron chi connectivity index (χ4n) is 3.15. The summed E-state index contributed by atoms with van der Waals surface area (Å²) in [4.78, 5) is 26.2. The maximum Gasteiger partial charge on any atom is 0.260 e. The normalized spacial score (nSPS) is 13.8. The summed E-state index contributed by atoms with van der Waals surface area (Å²) in [7, 11) is 0. The zero-order valence-corrected chi connectivity index (χ0v) is 15.7. The monoisotopic (exact) mass is 399 g/mol. The Labute approximate surface area is 166 Å². The lowest BCUT2D eigenvalue weighted by molar-refractivity contribution is -0.133. The van der Waals surface area contributed by atoms with Crippen LogP contribution in [0.5, 0.6) is 5.75 Å². The number of nitrogens with zero attached hydrogens (tertiary/aromatic N) is 2. The van der Waals surface area contributed by atoms with Gasteiger partial charge in [0.05, 0.1) is 6.42 Å². The van der Waals surface area contributed by atoms with Gasteiger partial charge in [-0.15, -0.1) is 0 Å². The first-order valence-electron chi connectivity index (χ1n) is 8.89. The summed E-state index contributed by atoms with van der Waals surface area (Å²) in [5, 5.41) is 8.20. The molecule has 0 spiro atoms. The van der Waals surface area contributed by atoms with E-state index in [1.807, 2.05) is 18.2 Å². The maximum atomic E-state index is 12.3. The van der Waals surface area contributed by atoms with Crippen molar-refractivity contribution in [1.82, 2.24) is 15.4 Å². The molecule has 2 amide bonds. The van der Waals surface area contributed by atoms with Crippen LogP contribution in [0.3, 0.4) is 0 Å². The first-order chi connectivity index (χ1) is 13.6. The maximum absolute atomic E-state index is 12.3. The van der Waals surface area contributed by atoms with Crippen LogP contribution < -0.4 is 10.1 Å². The van der Waals surface area contributed by atoms with Gasteiger partial charge in [-0.1, -0.05) is 28.9 Å². The van der Waals surface area contributed by atoms with Crippen molar-refractivity contribution >= 4 is 34.4 Å². The Kier molecular flexibility index (Phi) is 5.16. The van der Waals surface area contributed by atoms with Gasteiger partial charge in [0, 0.05) is 35.6 Å². The number of ether oxygens (including phenoxy) is 1. The lowest BCUT2D eigenvalue weighted by Gasteiger charge is -2.20. The van der Waals surface area contributed by atoms with Crippen molar-refractivity contribution < 1.29 is 18.8 Å². The molecule has 1 aliphatic rings. The number of nitrogens with one attached hydrogen (secondary N) is 1. The molecule has 0 bridgehead atoms. The van der Waals surface area contributed by atoms with Crippen molar-refractivity contribution in [3.05, 3.63) is 58.7 Å². The minimum absolute atomic E-state index is 0.0342. The molecule has 1 aromatic heterocycles. The van der Waals surface area contributed by atoms with Crippen LogP contribution in [0.15, 0.2) is 47.0 Å². The summed E-state index contributed by atoms with van der Waals surface area (Å²) in [6.07, 6.45) is 0.118. The molecule has 0 aliphatic carbocycles. The highest BCUT2D eigenvalue weighted by atomic mass is 35.5. The summed E-state index contributed by atoms with van der Waals surface area (Å²) in [5.41, 5.74) is 2.09. The number of aromatic nitrogens is 1. The van der Waals surface area contributed by atoms with E-state index in [0.717, 1.165) is 10.9 Å². The van der Waals surface area contributed by atoms with Gasteiger partial charge in [-0.05, 0) is 30.3 Å². The third-order valence-corrected chi connectivity index (χ3v) is 4.81. The number of carbonyl (C=O) groups is 2. The molecular formula is C20H18ClN3O4. The number of amides is 2. The van der Waals surface area contributed by atoms with E-state index in [4.69, 9.17) is 20.9 Å². The number of hydrogen-bond donors (Lipinski definition) is 1. The van der Waals surface area contributed by atoms with Crippen LogP contribution in [0.1, 0.15) is 11.3 Å². The van der Waals surface area contributed by atoms with Gasteiger partial charge < -0.3 is 19.5 Å². The van der Waals surface area contributed by atoms with E-state index in [1.165, 1.54) is 0 Å². The Balaban J connectivity index is 1.34. The quantitative estimate of drug-likeness (QED) is 0.712. The fraction of sp³-hybridized carbons (Fsp3) is 0.250. The molecule has 0 saturated carbocycles. The molecule has 0 unspecified atom stereocenters. The molecule has 1 aliphatic heterocycles. The van der Waals surface area contributed by atoms with Gasteiger partial charge in [0.15, 0.2) is 12.2 Å². The van der Waals surface area contributed by atoms with Crippen LogP contribution in [0, 0.1) is 0 Å². The van der Waals surface area contributed by atoms with Gasteiger partial charge in [0.25, 0.3) is 5.91 Å². The highest BCUT2D eigenvalue weighted by Gasteiger charge is 2.21. The molecule has 144 valence electrons. The molecule has 0 radical (unpaired) electrons. The van der Waals surface area contributed by atoms with Crippen molar-refractivity contribution in [2.45, 2.75) is 13.0 Å². The number of halogens is 1. The van der Waals surface area contributed by atoms with Crippen LogP contribution in [-0.4, -0.2) is 41.6 Å². The van der Waals surface area contributed by atoms with Gasteiger partial charge in [0.2, 0.25) is 5.91 Å². The summed E-state index contributed by atoms with van der Waals surface area (Å²) in [6, 6.07) is 12.7. The van der Waals surface area contributed by atoms with Gasteiger partial charge in [-0.3, -0.25) is 9.59 Å². The summed E-state index contributed by atoms with van der Waals surface area (Å²) in [6.45, 7) is 1.06. The Hall–Kier alpha value is -3.06. The molecule has 4 rings (SSSR count). The molecular weight excluding hydrogens is 382 g/mol. The van der Waals surface area contributed by atoms with Gasteiger partial charge in [0.1, 0.15) is 11.4 Å². The van der Waals surface area contributed by atoms with Crippen molar-refractivity contribution in [2.24, 2.45) is 0 Å². The van der Waals surface area contributed by atoms with Crippen molar-refractivity contribution in [3.8, 4) is 5.75 Å². The van der Waals surface area contributed by atoms with Crippen LogP contribution in [-0.2, 0) is 22.6 Å². The lowest BCUT2D eigenvalue weighted by Crippen LogP contribution is -2.39.